The van der Waals surface area contributed by atoms with Crippen LogP contribution >= 0.6 is 0 Å². The summed E-state index contributed by atoms with van der Waals surface area (Å²) in [6, 6.07) is 0.748. The van der Waals surface area contributed by atoms with Gasteiger partial charge in [-0.25, -0.2) is 0 Å². The molecule has 1 fully saturated rings. The van der Waals surface area contributed by atoms with Crippen molar-refractivity contribution in [2.45, 2.75) is 64.6 Å². The predicted molar refractivity (Wildman–Crippen MR) is 75.3 cm³/mol. The van der Waals surface area contributed by atoms with E-state index in [4.69, 9.17) is 5.73 Å². The van der Waals surface area contributed by atoms with Crippen LogP contribution in [0, 0.1) is 5.92 Å². The first kappa shape index (κ1) is 15.4. The first-order chi connectivity index (χ1) is 8.27. The molecular formula is C14H29N3O. The molecule has 2 atom stereocenters. The minimum Gasteiger partial charge on any atom is -0.368 e. The number of hydrogen-bond donors (Lipinski definition) is 2. The molecule has 18 heavy (non-hydrogen) atoms. The largest absolute Gasteiger partial charge is 0.368 e. The highest BCUT2D eigenvalue weighted by molar-refractivity contribution is 5.85. The zero-order chi connectivity index (χ0) is 13.9. The van der Waals surface area contributed by atoms with Crippen LogP contribution in [0.2, 0.25) is 0 Å². The summed E-state index contributed by atoms with van der Waals surface area (Å²) in [7, 11) is 2.15. The Kier molecular flexibility index (Phi) is 5.17. The van der Waals surface area contributed by atoms with E-state index in [2.05, 4.69) is 45.0 Å². The molecule has 0 aliphatic heterocycles. The summed E-state index contributed by atoms with van der Waals surface area (Å²) in [5.74, 6) is 0.452. The molecule has 0 bridgehead atoms. The quantitative estimate of drug-likeness (QED) is 0.753. The van der Waals surface area contributed by atoms with E-state index in [-0.39, 0.29) is 11.9 Å². The van der Waals surface area contributed by atoms with Crippen LogP contribution in [0.3, 0.4) is 0 Å². The predicted octanol–water partition coefficient (Wildman–Crippen LogP) is 1.35. The topological polar surface area (TPSA) is 58.4 Å². The summed E-state index contributed by atoms with van der Waals surface area (Å²) >= 11 is 0. The molecule has 1 amide bonds. The van der Waals surface area contributed by atoms with Crippen molar-refractivity contribution in [3.63, 3.8) is 0 Å². The van der Waals surface area contributed by atoms with Gasteiger partial charge >= 0.3 is 0 Å². The second-order valence-corrected chi connectivity index (χ2v) is 6.48. The lowest BCUT2D eigenvalue weighted by molar-refractivity contribution is -0.124. The average molecular weight is 255 g/mol. The molecule has 106 valence electrons. The summed E-state index contributed by atoms with van der Waals surface area (Å²) in [4.78, 5) is 14.2. The van der Waals surface area contributed by atoms with Crippen LogP contribution in [0.25, 0.3) is 0 Å². The van der Waals surface area contributed by atoms with Gasteiger partial charge in [0, 0.05) is 18.6 Å². The normalized spacial score (nSPS) is 28.6. The minimum absolute atomic E-state index is 0.198. The third-order valence-electron chi connectivity index (χ3n) is 3.80. The number of nitrogens with zero attached hydrogens (tertiary/aromatic N) is 1. The minimum atomic E-state index is -0.496. The maximum absolute atomic E-state index is 11.8. The van der Waals surface area contributed by atoms with E-state index in [1.165, 1.54) is 0 Å². The van der Waals surface area contributed by atoms with E-state index in [1.807, 2.05) is 0 Å². The standard InChI is InChI=1S/C14H29N3O/c1-10(2)9-17(5)12-6-7-14(8-12,13(15)18)16-11(3)4/h10-12,16H,6-9H2,1-5H3,(H2,15,18). The van der Waals surface area contributed by atoms with E-state index < -0.39 is 5.54 Å². The van der Waals surface area contributed by atoms with Crippen molar-refractivity contribution in [3.8, 4) is 0 Å². The molecule has 1 saturated carbocycles. The lowest BCUT2D eigenvalue weighted by atomic mass is 9.95. The van der Waals surface area contributed by atoms with Crippen LogP contribution in [-0.4, -0.2) is 42.0 Å². The lowest BCUT2D eigenvalue weighted by Gasteiger charge is -2.32. The van der Waals surface area contributed by atoms with Gasteiger partial charge in [-0.05, 0) is 46.1 Å². The summed E-state index contributed by atoms with van der Waals surface area (Å²) in [5.41, 5.74) is 5.13. The summed E-state index contributed by atoms with van der Waals surface area (Å²) in [6.07, 6.45) is 2.74. The molecule has 1 aliphatic rings. The highest BCUT2D eigenvalue weighted by Gasteiger charge is 2.45. The van der Waals surface area contributed by atoms with Crippen molar-refractivity contribution >= 4 is 5.91 Å². The van der Waals surface area contributed by atoms with Crippen LogP contribution in [0.5, 0.6) is 0 Å². The Labute approximate surface area is 111 Å². The molecular weight excluding hydrogens is 226 g/mol. The van der Waals surface area contributed by atoms with E-state index in [0.29, 0.717) is 12.0 Å². The molecule has 0 spiro atoms. The number of hydrogen-bond acceptors (Lipinski definition) is 3. The summed E-state index contributed by atoms with van der Waals surface area (Å²) in [6.45, 7) is 9.64. The van der Waals surface area contributed by atoms with Crippen LogP contribution in [-0.2, 0) is 4.79 Å². The van der Waals surface area contributed by atoms with Gasteiger partial charge in [0.05, 0.1) is 5.54 Å². The molecule has 0 saturated heterocycles. The number of nitrogens with two attached hydrogens (primary N) is 1. The molecule has 2 unspecified atom stereocenters. The second-order valence-electron chi connectivity index (χ2n) is 6.48. The molecule has 1 aliphatic carbocycles. The number of carbonyl (C=O) groups is 1. The van der Waals surface area contributed by atoms with Crippen LogP contribution in [0.1, 0.15) is 47.0 Å². The Balaban J connectivity index is 2.68. The Hall–Kier alpha value is -0.610. The van der Waals surface area contributed by atoms with E-state index in [1.54, 1.807) is 0 Å². The van der Waals surface area contributed by atoms with E-state index in [9.17, 15) is 4.79 Å². The second kappa shape index (κ2) is 6.02. The molecule has 3 N–H and O–H groups in total. The number of amides is 1. The van der Waals surface area contributed by atoms with Gasteiger partial charge in [0.1, 0.15) is 0 Å². The average Bonchev–Trinajstić information content (AvgIpc) is 2.61. The molecule has 4 nitrogen and oxygen atoms in total. The van der Waals surface area contributed by atoms with Crippen molar-refractivity contribution in [2.75, 3.05) is 13.6 Å². The molecule has 0 aromatic rings. The molecule has 0 radical (unpaired) electrons. The molecule has 4 heteroatoms. The smallest absolute Gasteiger partial charge is 0.237 e. The number of rotatable bonds is 6. The fourth-order valence-corrected chi connectivity index (χ4v) is 3.10. The van der Waals surface area contributed by atoms with Gasteiger partial charge in [-0.1, -0.05) is 13.8 Å². The summed E-state index contributed by atoms with van der Waals surface area (Å²) < 4.78 is 0. The van der Waals surface area contributed by atoms with Gasteiger partial charge in [0.25, 0.3) is 0 Å². The Bertz CT molecular complexity index is 291. The van der Waals surface area contributed by atoms with Crippen molar-refractivity contribution < 1.29 is 4.79 Å². The molecule has 0 aromatic heterocycles. The maximum atomic E-state index is 11.8. The Morgan fingerprint density at radius 2 is 2.06 bits per heavy atom. The van der Waals surface area contributed by atoms with E-state index >= 15 is 0 Å². The van der Waals surface area contributed by atoms with Crippen LogP contribution in [0.4, 0.5) is 0 Å². The molecule has 0 heterocycles. The maximum Gasteiger partial charge on any atom is 0.237 e. The highest BCUT2D eigenvalue weighted by Crippen LogP contribution is 2.33. The number of nitrogens with one attached hydrogen (secondary N) is 1. The number of carbonyl (C=O) groups excluding carboxylic acids is 1. The van der Waals surface area contributed by atoms with E-state index in [0.717, 1.165) is 25.8 Å². The van der Waals surface area contributed by atoms with Crippen molar-refractivity contribution in [1.82, 2.24) is 10.2 Å². The third-order valence-corrected chi connectivity index (χ3v) is 3.80. The third kappa shape index (κ3) is 3.69. The van der Waals surface area contributed by atoms with Crippen LogP contribution in [0.15, 0.2) is 0 Å². The zero-order valence-electron chi connectivity index (χ0n) is 12.5. The van der Waals surface area contributed by atoms with Gasteiger partial charge in [-0.15, -0.1) is 0 Å². The number of primary amides is 1. The van der Waals surface area contributed by atoms with Gasteiger partial charge in [0.2, 0.25) is 5.91 Å². The van der Waals surface area contributed by atoms with Gasteiger partial charge < -0.3 is 16.0 Å². The molecule has 1 rings (SSSR count). The SMILES string of the molecule is CC(C)CN(C)C1CCC(NC(C)C)(C(N)=O)C1. The van der Waals surface area contributed by atoms with Crippen molar-refractivity contribution in [3.05, 3.63) is 0 Å². The Morgan fingerprint density at radius 1 is 1.44 bits per heavy atom. The molecule has 0 aromatic carbocycles. The Morgan fingerprint density at radius 3 is 2.50 bits per heavy atom. The fraction of sp³-hybridized carbons (Fsp3) is 0.929. The monoisotopic (exact) mass is 255 g/mol. The van der Waals surface area contributed by atoms with Crippen molar-refractivity contribution in [2.24, 2.45) is 11.7 Å². The lowest BCUT2D eigenvalue weighted by Crippen LogP contribution is -2.56. The van der Waals surface area contributed by atoms with Gasteiger partial charge in [0.15, 0.2) is 0 Å². The fourth-order valence-electron chi connectivity index (χ4n) is 3.10. The van der Waals surface area contributed by atoms with Gasteiger partial charge in [-0.2, -0.15) is 0 Å². The highest BCUT2D eigenvalue weighted by atomic mass is 16.1. The summed E-state index contributed by atoms with van der Waals surface area (Å²) in [5, 5.41) is 3.39. The first-order valence-corrected chi connectivity index (χ1v) is 7.04. The van der Waals surface area contributed by atoms with Crippen LogP contribution < -0.4 is 11.1 Å². The first-order valence-electron chi connectivity index (χ1n) is 7.04. The van der Waals surface area contributed by atoms with Gasteiger partial charge in [-0.3, -0.25) is 4.79 Å². The van der Waals surface area contributed by atoms with Crippen molar-refractivity contribution in [1.29, 1.82) is 0 Å². The zero-order valence-corrected chi connectivity index (χ0v) is 12.5.